The van der Waals surface area contributed by atoms with Crippen LogP contribution in [-0.4, -0.2) is 24.6 Å². The van der Waals surface area contributed by atoms with Gasteiger partial charge >= 0.3 is 0 Å². The lowest BCUT2D eigenvalue weighted by molar-refractivity contribution is 0.301. The highest BCUT2D eigenvalue weighted by molar-refractivity contribution is 5.44. The molecule has 1 aliphatic heterocycles. The van der Waals surface area contributed by atoms with E-state index >= 15 is 0 Å². The van der Waals surface area contributed by atoms with Gasteiger partial charge in [-0.2, -0.15) is 0 Å². The number of hydrogen-bond acceptors (Lipinski definition) is 3. The fourth-order valence-electron chi connectivity index (χ4n) is 3.21. The molecule has 0 bridgehead atoms. The fourth-order valence-corrected chi connectivity index (χ4v) is 3.21. The van der Waals surface area contributed by atoms with Crippen molar-refractivity contribution in [1.29, 1.82) is 0 Å². The zero-order valence-corrected chi connectivity index (χ0v) is 13.5. The van der Waals surface area contributed by atoms with Crippen LogP contribution in [0, 0.1) is 12.3 Å². The summed E-state index contributed by atoms with van der Waals surface area (Å²) in [5.41, 5.74) is 2.98. The number of rotatable bonds is 6. The van der Waals surface area contributed by atoms with Gasteiger partial charge in [0, 0.05) is 25.3 Å². The molecule has 112 valence electrons. The second-order valence-electron chi connectivity index (χ2n) is 6.13. The van der Waals surface area contributed by atoms with E-state index < -0.39 is 0 Å². The first-order valence-electron chi connectivity index (χ1n) is 8.05. The molecule has 0 unspecified atom stereocenters. The molecule has 1 N–H and O–H groups in total. The smallest absolute Gasteiger partial charge is 0.129 e. The van der Waals surface area contributed by atoms with Crippen LogP contribution in [0.1, 0.15) is 51.3 Å². The van der Waals surface area contributed by atoms with Gasteiger partial charge in [-0.25, -0.2) is 4.98 Å². The van der Waals surface area contributed by atoms with E-state index in [1.807, 2.05) is 0 Å². The van der Waals surface area contributed by atoms with Gasteiger partial charge in [0.2, 0.25) is 0 Å². The highest BCUT2D eigenvalue weighted by Crippen LogP contribution is 2.38. The molecule has 1 saturated heterocycles. The number of aryl methyl sites for hydroxylation is 1. The van der Waals surface area contributed by atoms with Crippen molar-refractivity contribution in [2.75, 3.05) is 24.5 Å². The van der Waals surface area contributed by atoms with Crippen LogP contribution < -0.4 is 10.2 Å². The molecule has 2 rings (SSSR count). The predicted molar refractivity (Wildman–Crippen MR) is 86.2 cm³/mol. The van der Waals surface area contributed by atoms with E-state index in [0.717, 1.165) is 31.9 Å². The van der Waals surface area contributed by atoms with Crippen molar-refractivity contribution in [2.45, 2.75) is 53.5 Å². The van der Waals surface area contributed by atoms with E-state index in [2.05, 4.69) is 50.0 Å². The second-order valence-corrected chi connectivity index (χ2v) is 6.13. The second kappa shape index (κ2) is 6.57. The summed E-state index contributed by atoms with van der Waals surface area (Å²) >= 11 is 0. The van der Waals surface area contributed by atoms with E-state index in [9.17, 15) is 0 Å². The Balaban J connectivity index is 2.15. The van der Waals surface area contributed by atoms with Crippen LogP contribution in [-0.2, 0) is 6.54 Å². The largest absolute Gasteiger partial charge is 0.356 e. The van der Waals surface area contributed by atoms with Gasteiger partial charge in [0.05, 0.1) is 0 Å². The van der Waals surface area contributed by atoms with E-state index in [1.165, 1.54) is 30.6 Å². The van der Waals surface area contributed by atoms with Gasteiger partial charge in [0.1, 0.15) is 5.82 Å². The number of pyridine rings is 1. The number of nitrogens with one attached hydrogen (secondary N) is 1. The molecular formula is C17H29N3. The van der Waals surface area contributed by atoms with E-state index in [0.29, 0.717) is 5.41 Å². The van der Waals surface area contributed by atoms with Gasteiger partial charge in [-0.15, -0.1) is 0 Å². The topological polar surface area (TPSA) is 28.2 Å². The molecule has 3 nitrogen and oxygen atoms in total. The van der Waals surface area contributed by atoms with Gasteiger partial charge in [-0.05, 0) is 55.8 Å². The summed E-state index contributed by atoms with van der Waals surface area (Å²) in [6.45, 7) is 13.2. The molecular weight excluding hydrogens is 246 g/mol. The predicted octanol–water partition coefficient (Wildman–Crippen LogP) is 3.52. The zero-order valence-electron chi connectivity index (χ0n) is 13.5. The lowest BCUT2D eigenvalue weighted by Gasteiger charge is -2.27. The van der Waals surface area contributed by atoms with Gasteiger partial charge < -0.3 is 10.2 Å². The molecule has 0 radical (unpaired) electrons. The molecule has 1 fully saturated rings. The molecule has 1 aromatic heterocycles. The molecule has 1 aliphatic rings. The first-order chi connectivity index (χ1) is 9.62. The molecule has 20 heavy (non-hydrogen) atoms. The fraction of sp³-hybridized carbons (Fsp3) is 0.706. The summed E-state index contributed by atoms with van der Waals surface area (Å²) in [4.78, 5) is 7.24. The summed E-state index contributed by atoms with van der Waals surface area (Å²) in [5, 5.41) is 3.40. The Bertz CT molecular complexity index is 438. The maximum absolute atomic E-state index is 4.76. The molecule has 3 heteroatoms. The zero-order chi connectivity index (χ0) is 14.6. The third-order valence-corrected chi connectivity index (χ3v) is 4.84. The normalized spacial score (nSPS) is 17.7. The van der Waals surface area contributed by atoms with Crippen molar-refractivity contribution in [3.63, 3.8) is 0 Å². The van der Waals surface area contributed by atoms with Crippen molar-refractivity contribution in [1.82, 2.24) is 10.3 Å². The minimum absolute atomic E-state index is 0.507. The third-order valence-electron chi connectivity index (χ3n) is 4.84. The summed E-state index contributed by atoms with van der Waals surface area (Å²) < 4.78 is 0. The average Bonchev–Trinajstić information content (AvgIpc) is 2.90. The Morgan fingerprint density at radius 1 is 1.25 bits per heavy atom. The number of anilines is 1. The van der Waals surface area contributed by atoms with Crippen molar-refractivity contribution in [3.05, 3.63) is 23.4 Å². The van der Waals surface area contributed by atoms with Crippen LogP contribution >= 0.6 is 0 Å². The highest BCUT2D eigenvalue weighted by Gasteiger charge is 2.35. The van der Waals surface area contributed by atoms with Crippen LogP contribution in [0.3, 0.4) is 0 Å². The first kappa shape index (κ1) is 15.3. The lowest BCUT2D eigenvalue weighted by Crippen LogP contribution is -2.27. The maximum Gasteiger partial charge on any atom is 0.129 e. The lowest BCUT2D eigenvalue weighted by atomic mass is 9.82. The molecule has 1 aromatic rings. The van der Waals surface area contributed by atoms with E-state index in [4.69, 9.17) is 4.98 Å². The Morgan fingerprint density at radius 3 is 2.60 bits per heavy atom. The Morgan fingerprint density at radius 2 is 2.00 bits per heavy atom. The van der Waals surface area contributed by atoms with Crippen LogP contribution in [0.5, 0.6) is 0 Å². The first-order valence-corrected chi connectivity index (χ1v) is 8.05. The standard InChI is InChI=1S/C17H29N3/c1-5-17(6-2)8-9-20(13-17)16-11-15(12-18-7-3)10-14(4)19-16/h10-11,18H,5-9,12-13H2,1-4H3. The summed E-state index contributed by atoms with van der Waals surface area (Å²) in [5.74, 6) is 1.17. The van der Waals surface area contributed by atoms with Crippen molar-refractivity contribution < 1.29 is 0 Å². The van der Waals surface area contributed by atoms with Crippen LogP contribution in [0.15, 0.2) is 12.1 Å². The van der Waals surface area contributed by atoms with Crippen molar-refractivity contribution in [2.24, 2.45) is 5.41 Å². The molecule has 0 spiro atoms. The van der Waals surface area contributed by atoms with Gasteiger partial charge in [0.15, 0.2) is 0 Å². The summed E-state index contributed by atoms with van der Waals surface area (Å²) in [6, 6.07) is 4.45. The minimum atomic E-state index is 0.507. The summed E-state index contributed by atoms with van der Waals surface area (Å²) in [6.07, 6.45) is 3.85. The van der Waals surface area contributed by atoms with Crippen molar-refractivity contribution in [3.8, 4) is 0 Å². The minimum Gasteiger partial charge on any atom is -0.356 e. The highest BCUT2D eigenvalue weighted by atomic mass is 15.2. The molecule has 0 amide bonds. The molecule has 0 atom stereocenters. The number of hydrogen-bond donors (Lipinski definition) is 1. The Kier molecular flexibility index (Phi) is 5.03. The van der Waals surface area contributed by atoms with Crippen molar-refractivity contribution >= 4 is 5.82 Å². The van der Waals surface area contributed by atoms with Gasteiger partial charge in [0.25, 0.3) is 0 Å². The molecule has 0 aliphatic carbocycles. The molecule has 0 saturated carbocycles. The Labute approximate surface area is 123 Å². The Hall–Kier alpha value is -1.09. The third kappa shape index (κ3) is 3.32. The number of aromatic nitrogens is 1. The quantitative estimate of drug-likeness (QED) is 0.861. The average molecular weight is 275 g/mol. The SMILES string of the molecule is CCNCc1cc(C)nc(N2CCC(CC)(CC)C2)c1. The summed E-state index contributed by atoms with van der Waals surface area (Å²) in [7, 11) is 0. The van der Waals surface area contributed by atoms with Crippen LogP contribution in [0.25, 0.3) is 0 Å². The monoisotopic (exact) mass is 275 g/mol. The van der Waals surface area contributed by atoms with E-state index in [1.54, 1.807) is 0 Å². The van der Waals surface area contributed by atoms with Crippen LogP contribution in [0.2, 0.25) is 0 Å². The van der Waals surface area contributed by atoms with Gasteiger partial charge in [-0.1, -0.05) is 20.8 Å². The molecule has 0 aromatic carbocycles. The van der Waals surface area contributed by atoms with E-state index in [-0.39, 0.29) is 0 Å². The van der Waals surface area contributed by atoms with Gasteiger partial charge in [-0.3, -0.25) is 0 Å². The van der Waals surface area contributed by atoms with Crippen LogP contribution in [0.4, 0.5) is 5.82 Å². The molecule has 2 heterocycles. The maximum atomic E-state index is 4.76. The number of nitrogens with zero attached hydrogens (tertiary/aromatic N) is 2.